The summed E-state index contributed by atoms with van der Waals surface area (Å²) < 4.78 is 5.23. The molecule has 0 N–H and O–H groups in total. The molecule has 1 aliphatic carbocycles. The van der Waals surface area contributed by atoms with Crippen LogP contribution in [0.5, 0.6) is 0 Å². The first-order valence-corrected chi connectivity index (χ1v) is 11.6. The number of nitrogens with zero attached hydrogens (tertiary/aromatic N) is 1. The minimum Gasteiger partial charge on any atom is -0.467 e. The molecule has 166 valence electrons. The second-order valence-electron chi connectivity index (χ2n) is 9.52. The highest BCUT2D eigenvalue weighted by atomic mass is 16.7. The summed E-state index contributed by atoms with van der Waals surface area (Å²) in [7, 11) is 1.47. The lowest BCUT2D eigenvalue weighted by Gasteiger charge is -2.45. The molecule has 4 rings (SSSR count). The number of hydrogen-bond donors (Lipinski definition) is 0. The lowest BCUT2D eigenvalue weighted by atomic mass is 9.85. The summed E-state index contributed by atoms with van der Waals surface area (Å²) in [5, 5.41) is 2.14. The molecule has 2 fully saturated rings. The normalized spacial score (nSPS) is 28.4. The van der Waals surface area contributed by atoms with Crippen molar-refractivity contribution in [3.05, 3.63) is 71.8 Å². The van der Waals surface area contributed by atoms with E-state index in [9.17, 15) is 4.79 Å². The zero-order valence-corrected chi connectivity index (χ0v) is 19.0. The average Bonchev–Trinajstić information content (AvgIpc) is 3.10. The fourth-order valence-corrected chi connectivity index (χ4v) is 5.57. The molecule has 1 heterocycles. The quantitative estimate of drug-likeness (QED) is 0.539. The van der Waals surface area contributed by atoms with Crippen LogP contribution in [0.15, 0.2) is 60.7 Å². The second kappa shape index (κ2) is 9.13. The third-order valence-corrected chi connectivity index (χ3v) is 7.52. The van der Waals surface area contributed by atoms with Crippen LogP contribution in [0.2, 0.25) is 0 Å². The number of benzene rings is 2. The van der Waals surface area contributed by atoms with Crippen molar-refractivity contribution in [1.82, 2.24) is 5.06 Å². The molecule has 2 aromatic rings. The van der Waals surface area contributed by atoms with Gasteiger partial charge in [0.1, 0.15) is 0 Å². The van der Waals surface area contributed by atoms with Crippen LogP contribution in [-0.4, -0.2) is 24.2 Å². The number of ether oxygens (including phenoxy) is 1. The Morgan fingerprint density at radius 1 is 0.871 bits per heavy atom. The minimum atomic E-state index is -0.575. The first-order valence-electron chi connectivity index (χ1n) is 11.6. The van der Waals surface area contributed by atoms with E-state index in [0.29, 0.717) is 0 Å². The lowest BCUT2D eigenvalue weighted by molar-refractivity contribution is -0.291. The Balaban J connectivity index is 1.76. The maximum Gasteiger partial charge on any atom is 0.337 e. The number of hydrogen-bond acceptors (Lipinski definition) is 4. The fraction of sp³-hybridized carbons (Fsp3) is 0.519. The Morgan fingerprint density at radius 2 is 1.35 bits per heavy atom. The van der Waals surface area contributed by atoms with Gasteiger partial charge in [0, 0.05) is 0 Å². The number of esters is 1. The van der Waals surface area contributed by atoms with Crippen LogP contribution in [0.4, 0.5) is 0 Å². The van der Waals surface area contributed by atoms with Gasteiger partial charge in [-0.25, -0.2) is 4.79 Å². The van der Waals surface area contributed by atoms with Gasteiger partial charge in [-0.1, -0.05) is 79.9 Å². The largest absolute Gasteiger partial charge is 0.467 e. The zero-order chi connectivity index (χ0) is 21.9. The van der Waals surface area contributed by atoms with Crippen molar-refractivity contribution >= 4 is 5.97 Å². The molecule has 4 nitrogen and oxygen atoms in total. The highest BCUT2D eigenvalue weighted by molar-refractivity contribution is 5.75. The lowest BCUT2D eigenvalue weighted by Crippen LogP contribution is -2.52. The van der Waals surface area contributed by atoms with Crippen molar-refractivity contribution < 1.29 is 14.4 Å². The summed E-state index contributed by atoms with van der Waals surface area (Å²) in [5.41, 5.74) is 1.74. The maximum absolute atomic E-state index is 12.9. The van der Waals surface area contributed by atoms with Crippen LogP contribution >= 0.6 is 0 Å². The Morgan fingerprint density at radius 3 is 1.81 bits per heavy atom. The van der Waals surface area contributed by atoms with Gasteiger partial charge in [0.05, 0.1) is 18.2 Å². The molecule has 1 aliphatic heterocycles. The summed E-state index contributed by atoms with van der Waals surface area (Å²) in [6.07, 6.45) is 6.87. The van der Waals surface area contributed by atoms with Crippen LogP contribution < -0.4 is 0 Å². The zero-order valence-electron chi connectivity index (χ0n) is 19.0. The van der Waals surface area contributed by atoms with Crippen LogP contribution in [0.3, 0.4) is 0 Å². The van der Waals surface area contributed by atoms with Crippen LogP contribution in [0.1, 0.15) is 69.9 Å². The number of hydroxylamine groups is 2. The highest BCUT2D eigenvalue weighted by Crippen LogP contribution is 2.52. The number of rotatable bonds is 6. The summed E-state index contributed by atoms with van der Waals surface area (Å²) in [6.45, 7) is 4.48. The van der Waals surface area contributed by atoms with E-state index >= 15 is 0 Å². The second-order valence-corrected chi connectivity index (χ2v) is 9.52. The molecular formula is C27H35NO3. The van der Waals surface area contributed by atoms with Gasteiger partial charge in [0.25, 0.3) is 0 Å². The number of carbonyl (C=O) groups is 1. The summed E-state index contributed by atoms with van der Waals surface area (Å²) in [6, 6.07) is 21.1. The van der Waals surface area contributed by atoms with Crippen molar-refractivity contribution in [2.24, 2.45) is 5.92 Å². The van der Waals surface area contributed by atoms with Crippen molar-refractivity contribution in [3.8, 4) is 0 Å². The molecule has 1 saturated carbocycles. The van der Waals surface area contributed by atoms with Gasteiger partial charge in [0.2, 0.25) is 0 Å². The molecule has 31 heavy (non-hydrogen) atoms. The molecule has 1 unspecified atom stereocenters. The van der Waals surface area contributed by atoms with Crippen molar-refractivity contribution in [3.63, 3.8) is 0 Å². The standard InChI is InChI=1S/C27H35NO3/c1-26(22-15-9-5-10-16-22)19-20-27(2,23-17-11-6-12-18-23)28(26)31-24(25(29)30-3)21-13-7-4-8-14-21/h5-6,9-12,15-18,21,24H,4,7-8,13-14,19-20H2,1-3H3/t24?,26-,27-/m0/s1. The molecule has 2 aromatic carbocycles. The molecule has 0 bridgehead atoms. The van der Waals surface area contributed by atoms with Gasteiger partial charge in [-0.15, -0.1) is 0 Å². The van der Waals surface area contributed by atoms with Gasteiger partial charge >= 0.3 is 5.97 Å². The van der Waals surface area contributed by atoms with Crippen molar-refractivity contribution in [2.45, 2.75) is 76.0 Å². The molecular weight excluding hydrogens is 386 g/mol. The Bertz CT molecular complexity index is 811. The topological polar surface area (TPSA) is 38.8 Å². The molecule has 0 aromatic heterocycles. The monoisotopic (exact) mass is 421 g/mol. The van der Waals surface area contributed by atoms with E-state index < -0.39 is 6.10 Å². The first-order chi connectivity index (χ1) is 15.0. The van der Waals surface area contributed by atoms with Crippen LogP contribution in [-0.2, 0) is 25.4 Å². The SMILES string of the molecule is COC(=O)C(ON1[C@](C)(c2ccccc2)CC[C@@]1(C)c1ccccc1)C1CCCCC1. The molecule has 4 heteroatoms. The predicted molar refractivity (Wildman–Crippen MR) is 122 cm³/mol. The van der Waals surface area contributed by atoms with Crippen LogP contribution in [0, 0.1) is 5.92 Å². The van der Waals surface area contributed by atoms with E-state index in [4.69, 9.17) is 9.57 Å². The Kier molecular flexibility index (Phi) is 6.49. The highest BCUT2D eigenvalue weighted by Gasteiger charge is 2.54. The molecule has 0 radical (unpaired) electrons. The van der Waals surface area contributed by atoms with Gasteiger partial charge in [-0.05, 0) is 56.6 Å². The van der Waals surface area contributed by atoms with Gasteiger partial charge < -0.3 is 4.74 Å². The van der Waals surface area contributed by atoms with Crippen LogP contribution in [0.25, 0.3) is 0 Å². The van der Waals surface area contributed by atoms with Gasteiger partial charge in [-0.3, -0.25) is 4.84 Å². The van der Waals surface area contributed by atoms with E-state index in [1.807, 2.05) is 12.1 Å². The molecule has 1 saturated heterocycles. The maximum atomic E-state index is 12.9. The third kappa shape index (κ3) is 4.16. The number of carbonyl (C=O) groups excluding carboxylic acids is 1. The third-order valence-electron chi connectivity index (χ3n) is 7.52. The smallest absolute Gasteiger partial charge is 0.337 e. The first kappa shape index (κ1) is 22.0. The number of methoxy groups -OCH3 is 1. The van der Waals surface area contributed by atoms with E-state index in [-0.39, 0.29) is 23.0 Å². The average molecular weight is 422 g/mol. The minimum absolute atomic E-state index is 0.196. The summed E-state index contributed by atoms with van der Waals surface area (Å²) >= 11 is 0. The van der Waals surface area contributed by atoms with Gasteiger partial charge in [0.15, 0.2) is 6.10 Å². The molecule has 2 aliphatic rings. The van der Waals surface area contributed by atoms with Crippen molar-refractivity contribution in [1.29, 1.82) is 0 Å². The van der Waals surface area contributed by atoms with E-state index in [1.54, 1.807) is 0 Å². The Labute approximate surface area is 186 Å². The van der Waals surface area contributed by atoms with E-state index in [2.05, 4.69) is 67.4 Å². The molecule has 3 atom stereocenters. The van der Waals surface area contributed by atoms with E-state index in [0.717, 1.165) is 38.5 Å². The van der Waals surface area contributed by atoms with Crippen molar-refractivity contribution in [2.75, 3.05) is 7.11 Å². The summed E-state index contributed by atoms with van der Waals surface area (Å²) in [4.78, 5) is 19.7. The summed E-state index contributed by atoms with van der Waals surface area (Å²) in [5.74, 6) is -0.0635. The predicted octanol–water partition coefficient (Wildman–Crippen LogP) is 5.97. The molecule has 0 spiro atoms. The fourth-order valence-electron chi connectivity index (χ4n) is 5.57. The van der Waals surface area contributed by atoms with E-state index in [1.165, 1.54) is 24.7 Å². The van der Waals surface area contributed by atoms with Gasteiger partial charge in [-0.2, -0.15) is 5.06 Å². The Hall–Kier alpha value is -2.17. The molecule has 0 amide bonds.